The fourth-order valence-electron chi connectivity index (χ4n) is 1.99. The number of hydrogen-bond donors (Lipinski definition) is 2. The zero-order chi connectivity index (χ0) is 13.8. The number of nitrogens with two attached hydrogens (primary N) is 1. The predicted octanol–water partition coefficient (Wildman–Crippen LogP) is 2.04. The number of rotatable bonds is 5. The SMILES string of the molecule is CSc1cc2c(cc1C(N)CCC(=O)O)OCCO2. The minimum absolute atomic E-state index is 0.0590. The number of carboxylic acids is 1. The molecule has 3 N–H and O–H groups in total. The largest absolute Gasteiger partial charge is 0.486 e. The Kier molecular flexibility index (Phi) is 4.55. The first-order valence-corrected chi connectivity index (χ1v) is 7.29. The zero-order valence-electron chi connectivity index (χ0n) is 10.7. The quantitative estimate of drug-likeness (QED) is 0.805. The summed E-state index contributed by atoms with van der Waals surface area (Å²) in [6.45, 7) is 1.07. The molecule has 0 aromatic heterocycles. The van der Waals surface area contributed by atoms with E-state index in [0.717, 1.165) is 16.2 Å². The fourth-order valence-corrected chi connectivity index (χ4v) is 2.66. The number of ether oxygens (including phenoxy) is 2. The molecular formula is C13H17NO4S. The highest BCUT2D eigenvalue weighted by atomic mass is 32.2. The average molecular weight is 283 g/mol. The van der Waals surface area contributed by atoms with Gasteiger partial charge >= 0.3 is 5.97 Å². The molecular weight excluding hydrogens is 266 g/mol. The van der Waals surface area contributed by atoms with E-state index in [1.54, 1.807) is 11.8 Å². The molecule has 1 aliphatic heterocycles. The monoisotopic (exact) mass is 283 g/mol. The van der Waals surface area contributed by atoms with Crippen LogP contribution in [0.15, 0.2) is 17.0 Å². The summed E-state index contributed by atoms with van der Waals surface area (Å²) in [6, 6.07) is 3.47. The van der Waals surface area contributed by atoms with E-state index in [9.17, 15) is 4.79 Å². The molecule has 5 nitrogen and oxygen atoms in total. The molecule has 6 heteroatoms. The van der Waals surface area contributed by atoms with Gasteiger partial charge in [0.25, 0.3) is 0 Å². The van der Waals surface area contributed by atoms with Crippen LogP contribution in [0, 0.1) is 0 Å². The molecule has 19 heavy (non-hydrogen) atoms. The van der Waals surface area contributed by atoms with Crippen molar-refractivity contribution in [1.29, 1.82) is 0 Å². The van der Waals surface area contributed by atoms with Crippen molar-refractivity contribution >= 4 is 17.7 Å². The first-order valence-electron chi connectivity index (χ1n) is 6.06. The molecule has 1 aromatic carbocycles. The third kappa shape index (κ3) is 3.33. The van der Waals surface area contributed by atoms with Crippen molar-refractivity contribution in [3.8, 4) is 11.5 Å². The lowest BCUT2D eigenvalue weighted by molar-refractivity contribution is -0.137. The van der Waals surface area contributed by atoms with Gasteiger partial charge in [0, 0.05) is 17.4 Å². The van der Waals surface area contributed by atoms with Gasteiger partial charge in [0.1, 0.15) is 13.2 Å². The maximum atomic E-state index is 10.6. The van der Waals surface area contributed by atoms with Crippen molar-refractivity contribution in [2.75, 3.05) is 19.5 Å². The van der Waals surface area contributed by atoms with Gasteiger partial charge in [0.05, 0.1) is 0 Å². The molecule has 0 bridgehead atoms. The highest BCUT2D eigenvalue weighted by Gasteiger charge is 2.19. The summed E-state index contributed by atoms with van der Waals surface area (Å²) >= 11 is 1.57. The maximum Gasteiger partial charge on any atom is 0.303 e. The van der Waals surface area contributed by atoms with Crippen molar-refractivity contribution < 1.29 is 19.4 Å². The number of thioether (sulfide) groups is 1. The second kappa shape index (κ2) is 6.16. The number of carbonyl (C=O) groups is 1. The number of benzene rings is 1. The van der Waals surface area contributed by atoms with Crippen molar-refractivity contribution in [3.63, 3.8) is 0 Å². The molecule has 104 valence electrons. The molecule has 2 rings (SSSR count). The van der Waals surface area contributed by atoms with Gasteiger partial charge in [-0.2, -0.15) is 0 Å². The van der Waals surface area contributed by atoms with Crippen LogP contribution in [0.4, 0.5) is 0 Å². The van der Waals surface area contributed by atoms with E-state index in [1.165, 1.54) is 0 Å². The van der Waals surface area contributed by atoms with Crippen LogP contribution in [0.25, 0.3) is 0 Å². The average Bonchev–Trinajstić information content (AvgIpc) is 2.43. The molecule has 0 fully saturated rings. The highest BCUT2D eigenvalue weighted by molar-refractivity contribution is 7.98. The first-order chi connectivity index (χ1) is 9.11. The molecule has 0 amide bonds. The molecule has 0 aliphatic carbocycles. The van der Waals surface area contributed by atoms with Gasteiger partial charge in [-0.1, -0.05) is 0 Å². The zero-order valence-corrected chi connectivity index (χ0v) is 11.5. The van der Waals surface area contributed by atoms with E-state index < -0.39 is 5.97 Å². The fraction of sp³-hybridized carbons (Fsp3) is 0.462. The summed E-state index contributed by atoms with van der Waals surface area (Å²) in [5, 5.41) is 8.72. The van der Waals surface area contributed by atoms with Crippen LogP contribution in [-0.2, 0) is 4.79 Å². The summed E-state index contributed by atoms with van der Waals surface area (Å²) < 4.78 is 11.1. The summed E-state index contributed by atoms with van der Waals surface area (Å²) in [6.07, 6.45) is 2.42. The summed E-state index contributed by atoms with van der Waals surface area (Å²) in [4.78, 5) is 11.6. The topological polar surface area (TPSA) is 81.8 Å². The van der Waals surface area contributed by atoms with Crippen LogP contribution in [0.5, 0.6) is 11.5 Å². The van der Waals surface area contributed by atoms with Crippen molar-refractivity contribution in [3.05, 3.63) is 17.7 Å². The Balaban J connectivity index is 2.25. The summed E-state index contributed by atoms with van der Waals surface area (Å²) in [5.74, 6) is 0.577. The van der Waals surface area contributed by atoms with Gasteiger partial charge in [-0.3, -0.25) is 4.79 Å². The lowest BCUT2D eigenvalue weighted by atomic mass is 10.0. The second-order valence-electron chi connectivity index (χ2n) is 4.28. The first kappa shape index (κ1) is 14.0. The predicted molar refractivity (Wildman–Crippen MR) is 73.0 cm³/mol. The molecule has 1 aromatic rings. The van der Waals surface area contributed by atoms with E-state index in [-0.39, 0.29) is 12.5 Å². The minimum Gasteiger partial charge on any atom is -0.486 e. The van der Waals surface area contributed by atoms with Crippen molar-refractivity contribution in [2.24, 2.45) is 5.73 Å². The van der Waals surface area contributed by atoms with Crippen molar-refractivity contribution in [1.82, 2.24) is 0 Å². The van der Waals surface area contributed by atoms with Crippen LogP contribution in [0.3, 0.4) is 0 Å². The third-order valence-electron chi connectivity index (χ3n) is 2.96. The second-order valence-corrected chi connectivity index (χ2v) is 5.12. The Bertz CT molecular complexity index is 478. The maximum absolute atomic E-state index is 10.6. The Morgan fingerprint density at radius 1 is 1.42 bits per heavy atom. The summed E-state index contributed by atoms with van der Waals surface area (Å²) in [5.41, 5.74) is 6.99. The van der Waals surface area contributed by atoms with Crippen LogP contribution in [-0.4, -0.2) is 30.5 Å². The van der Waals surface area contributed by atoms with E-state index in [1.807, 2.05) is 18.4 Å². The van der Waals surface area contributed by atoms with E-state index in [0.29, 0.717) is 25.4 Å². The van der Waals surface area contributed by atoms with E-state index in [2.05, 4.69) is 0 Å². The lowest BCUT2D eigenvalue weighted by Crippen LogP contribution is -2.18. The van der Waals surface area contributed by atoms with Gasteiger partial charge in [-0.05, 0) is 30.4 Å². The van der Waals surface area contributed by atoms with Gasteiger partial charge in [0.2, 0.25) is 0 Å². The van der Waals surface area contributed by atoms with E-state index in [4.69, 9.17) is 20.3 Å². The summed E-state index contributed by atoms with van der Waals surface area (Å²) in [7, 11) is 0. The Hall–Kier alpha value is -1.40. The lowest BCUT2D eigenvalue weighted by Gasteiger charge is -2.22. The van der Waals surface area contributed by atoms with Gasteiger partial charge in [0.15, 0.2) is 11.5 Å². The molecule has 0 saturated carbocycles. The molecule has 0 spiro atoms. The number of fused-ring (bicyclic) bond motifs is 1. The molecule has 0 saturated heterocycles. The third-order valence-corrected chi connectivity index (χ3v) is 3.76. The van der Waals surface area contributed by atoms with Crippen LogP contribution >= 0.6 is 11.8 Å². The van der Waals surface area contributed by atoms with Crippen LogP contribution in [0.2, 0.25) is 0 Å². The Morgan fingerprint density at radius 2 is 2.05 bits per heavy atom. The van der Waals surface area contributed by atoms with Crippen LogP contribution < -0.4 is 15.2 Å². The van der Waals surface area contributed by atoms with E-state index >= 15 is 0 Å². The molecule has 1 unspecified atom stereocenters. The van der Waals surface area contributed by atoms with Gasteiger partial charge in [-0.25, -0.2) is 0 Å². The van der Waals surface area contributed by atoms with Gasteiger partial charge in [-0.15, -0.1) is 11.8 Å². The molecule has 0 radical (unpaired) electrons. The number of hydrogen-bond acceptors (Lipinski definition) is 5. The van der Waals surface area contributed by atoms with Crippen molar-refractivity contribution in [2.45, 2.75) is 23.8 Å². The Labute approximate surface area is 116 Å². The number of aliphatic carboxylic acids is 1. The minimum atomic E-state index is -0.835. The Morgan fingerprint density at radius 3 is 2.63 bits per heavy atom. The standard InChI is InChI=1S/C13H17NO4S/c1-19-12-7-11-10(17-4-5-18-11)6-8(12)9(14)2-3-13(15)16/h6-7,9H,2-5,14H2,1H3,(H,15,16). The number of carboxylic acid groups (broad SMARTS) is 1. The molecule has 1 aliphatic rings. The normalized spacial score (nSPS) is 15.1. The smallest absolute Gasteiger partial charge is 0.303 e. The van der Waals surface area contributed by atoms with Crippen LogP contribution in [0.1, 0.15) is 24.4 Å². The van der Waals surface area contributed by atoms with Gasteiger partial charge < -0.3 is 20.3 Å². The molecule has 1 heterocycles. The molecule has 1 atom stereocenters. The highest BCUT2D eigenvalue weighted by Crippen LogP contribution is 2.39.